The van der Waals surface area contributed by atoms with Crippen LogP contribution >= 0.6 is 11.3 Å². The van der Waals surface area contributed by atoms with Gasteiger partial charge in [0.1, 0.15) is 22.5 Å². The molecule has 0 fully saturated rings. The molecule has 0 saturated heterocycles. The maximum atomic E-state index is 11.7. The van der Waals surface area contributed by atoms with E-state index in [1.54, 1.807) is 6.92 Å². The van der Waals surface area contributed by atoms with E-state index < -0.39 is 0 Å². The van der Waals surface area contributed by atoms with Crippen molar-refractivity contribution in [1.29, 1.82) is 0 Å². The van der Waals surface area contributed by atoms with Gasteiger partial charge >= 0.3 is 5.97 Å². The van der Waals surface area contributed by atoms with Gasteiger partial charge in [0.25, 0.3) is 0 Å². The SMILES string of the molecule is CCOC(=O)c1sc(C)c2c(N)ncnc12. The molecule has 2 aromatic heterocycles. The Morgan fingerprint density at radius 3 is 3.00 bits per heavy atom. The van der Waals surface area contributed by atoms with Crippen LogP contribution in [0.1, 0.15) is 21.5 Å². The number of aryl methyl sites for hydroxylation is 1. The lowest BCUT2D eigenvalue weighted by molar-refractivity contribution is 0.0534. The zero-order chi connectivity index (χ0) is 11.7. The Bertz CT molecular complexity index is 550. The summed E-state index contributed by atoms with van der Waals surface area (Å²) < 4.78 is 4.96. The normalized spacial score (nSPS) is 10.6. The Balaban J connectivity index is 2.64. The van der Waals surface area contributed by atoms with Crippen molar-refractivity contribution in [1.82, 2.24) is 9.97 Å². The van der Waals surface area contributed by atoms with Gasteiger partial charge < -0.3 is 10.5 Å². The third-order valence-electron chi connectivity index (χ3n) is 2.16. The maximum absolute atomic E-state index is 11.7. The predicted molar refractivity (Wildman–Crippen MR) is 62.5 cm³/mol. The summed E-state index contributed by atoms with van der Waals surface area (Å²) in [6.07, 6.45) is 1.35. The maximum Gasteiger partial charge on any atom is 0.350 e. The molecule has 0 bridgehead atoms. The molecule has 0 aromatic carbocycles. The molecule has 0 spiro atoms. The van der Waals surface area contributed by atoms with E-state index in [0.29, 0.717) is 22.8 Å². The van der Waals surface area contributed by atoms with Gasteiger partial charge in [-0.2, -0.15) is 0 Å². The first kappa shape index (κ1) is 10.8. The van der Waals surface area contributed by atoms with Gasteiger partial charge in [-0.25, -0.2) is 14.8 Å². The monoisotopic (exact) mass is 237 g/mol. The minimum absolute atomic E-state index is 0.345. The Kier molecular flexibility index (Phi) is 2.74. The highest BCUT2D eigenvalue weighted by molar-refractivity contribution is 7.15. The second-order valence-electron chi connectivity index (χ2n) is 3.19. The summed E-state index contributed by atoms with van der Waals surface area (Å²) in [6.45, 7) is 4.00. The number of anilines is 1. The molecule has 0 amide bonds. The molecule has 0 aliphatic carbocycles. The molecule has 5 nitrogen and oxygen atoms in total. The summed E-state index contributed by atoms with van der Waals surface area (Å²) in [5.74, 6) is 0.0398. The molecule has 6 heteroatoms. The van der Waals surface area contributed by atoms with E-state index in [1.807, 2.05) is 6.92 Å². The number of rotatable bonds is 2. The number of carbonyl (C=O) groups excluding carboxylic acids is 1. The van der Waals surface area contributed by atoms with E-state index in [-0.39, 0.29) is 5.97 Å². The molecule has 0 radical (unpaired) electrons. The molecule has 0 atom stereocenters. The van der Waals surface area contributed by atoms with Crippen molar-refractivity contribution in [2.24, 2.45) is 0 Å². The molecule has 2 heterocycles. The Hall–Kier alpha value is -1.69. The number of ether oxygens (including phenoxy) is 1. The number of hydrogen-bond donors (Lipinski definition) is 1. The quantitative estimate of drug-likeness (QED) is 0.805. The van der Waals surface area contributed by atoms with Crippen LogP contribution in [0, 0.1) is 6.92 Å². The van der Waals surface area contributed by atoms with Crippen LogP contribution in [0.5, 0.6) is 0 Å². The average Bonchev–Trinajstić information content (AvgIpc) is 2.58. The standard InChI is InChI=1S/C10H11N3O2S/c1-3-15-10(14)8-7-6(5(2)16-8)9(11)13-4-12-7/h4H,3H2,1-2H3,(H2,11,12,13). The summed E-state index contributed by atoms with van der Waals surface area (Å²) in [7, 11) is 0. The zero-order valence-corrected chi connectivity index (χ0v) is 9.80. The Morgan fingerprint density at radius 1 is 1.56 bits per heavy atom. The van der Waals surface area contributed by atoms with Crippen molar-refractivity contribution in [3.63, 3.8) is 0 Å². The van der Waals surface area contributed by atoms with Crippen molar-refractivity contribution >= 4 is 34.0 Å². The van der Waals surface area contributed by atoms with E-state index in [0.717, 1.165) is 10.3 Å². The fourth-order valence-corrected chi connectivity index (χ4v) is 2.51. The fraction of sp³-hybridized carbons (Fsp3) is 0.300. The molecule has 0 saturated carbocycles. The smallest absolute Gasteiger partial charge is 0.350 e. The van der Waals surface area contributed by atoms with Crippen LogP contribution in [0.3, 0.4) is 0 Å². The van der Waals surface area contributed by atoms with E-state index in [2.05, 4.69) is 9.97 Å². The first-order chi connectivity index (χ1) is 7.65. The van der Waals surface area contributed by atoms with Crippen molar-refractivity contribution in [2.75, 3.05) is 12.3 Å². The topological polar surface area (TPSA) is 78.1 Å². The van der Waals surface area contributed by atoms with Crippen LogP contribution in [0.4, 0.5) is 5.82 Å². The minimum Gasteiger partial charge on any atom is -0.462 e. The van der Waals surface area contributed by atoms with Crippen LogP contribution < -0.4 is 5.73 Å². The molecular weight excluding hydrogens is 226 g/mol. The number of nitrogen functional groups attached to an aromatic ring is 1. The van der Waals surface area contributed by atoms with Crippen molar-refractivity contribution in [2.45, 2.75) is 13.8 Å². The highest BCUT2D eigenvalue weighted by Gasteiger charge is 2.19. The first-order valence-electron chi connectivity index (χ1n) is 4.81. The summed E-state index contributed by atoms with van der Waals surface area (Å²) >= 11 is 1.33. The summed E-state index contributed by atoms with van der Waals surface area (Å²) in [5.41, 5.74) is 6.33. The number of fused-ring (bicyclic) bond motifs is 1. The van der Waals surface area contributed by atoms with E-state index >= 15 is 0 Å². The van der Waals surface area contributed by atoms with Crippen LogP contribution in [-0.2, 0) is 4.74 Å². The molecule has 84 valence electrons. The minimum atomic E-state index is -0.358. The summed E-state index contributed by atoms with van der Waals surface area (Å²) in [4.78, 5) is 21.1. The molecular formula is C10H11N3O2S. The second kappa shape index (κ2) is 4.05. The summed E-state index contributed by atoms with van der Waals surface area (Å²) in [5, 5.41) is 0.746. The number of nitrogens with zero attached hydrogens (tertiary/aromatic N) is 2. The van der Waals surface area contributed by atoms with Gasteiger partial charge in [0.15, 0.2) is 0 Å². The third kappa shape index (κ3) is 1.61. The highest BCUT2D eigenvalue weighted by atomic mass is 32.1. The largest absolute Gasteiger partial charge is 0.462 e. The van der Waals surface area contributed by atoms with Crippen molar-refractivity contribution in [3.8, 4) is 0 Å². The summed E-state index contributed by atoms with van der Waals surface area (Å²) in [6, 6.07) is 0. The molecule has 2 aromatic rings. The molecule has 0 aliphatic rings. The second-order valence-corrected chi connectivity index (χ2v) is 4.42. The number of hydrogen-bond acceptors (Lipinski definition) is 6. The third-order valence-corrected chi connectivity index (χ3v) is 3.23. The highest BCUT2D eigenvalue weighted by Crippen LogP contribution is 2.32. The van der Waals surface area contributed by atoms with Gasteiger partial charge in [-0.15, -0.1) is 11.3 Å². The number of carbonyl (C=O) groups is 1. The Labute approximate surface area is 96.3 Å². The molecule has 16 heavy (non-hydrogen) atoms. The molecule has 2 N–H and O–H groups in total. The zero-order valence-electron chi connectivity index (χ0n) is 8.98. The number of thiophene rings is 1. The van der Waals surface area contributed by atoms with Gasteiger partial charge in [0.05, 0.1) is 12.0 Å². The average molecular weight is 237 g/mol. The van der Waals surface area contributed by atoms with E-state index in [4.69, 9.17) is 10.5 Å². The van der Waals surface area contributed by atoms with Crippen LogP contribution in [-0.4, -0.2) is 22.5 Å². The fourth-order valence-electron chi connectivity index (χ4n) is 1.51. The molecule has 2 rings (SSSR count). The van der Waals surface area contributed by atoms with Crippen molar-refractivity contribution in [3.05, 3.63) is 16.1 Å². The number of aromatic nitrogens is 2. The van der Waals surface area contributed by atoms with Crippen molar-refractivity contribution < 1.29 is 9.53 Å². The van der Waals surface area contributed by atoms with Gasteiger partial charge in [-0.1, -0.05) is 0 Å². The Morgan fingerprint density at radius 2 is 2.31 bits per heavy atom. The number of esters is 1. The lowest BCUT2D eigenvalue weighted by Crippen LogP contribution is -2.03. The van der Waals surface area contributed by atoms with Crippen LogP contribution in [0.15, 0.2) is 6.33 Å². The molecule has 0 aliphatic heterocycles. The lowest BCUT2D eigenvalue weighted by Gasteiger charge is -1.99. The van der Waals surface area contributed by atoms with Crippen LogP contribution in [0.2, 0.25) is 0 Å². The number of nitrogens with two attached hydrogens (primary N) is 1. The first-order valence-corrected chi connectivity index (χ1v) is 5.63. The van der Waals surface area contributed by atoms with Gasteiger partial charge in [-0.3, -0.25) is 0 Å². The van der Waals surface area contributed by atoms with Gasteiger partial charge in [0, 0.05) is 4.88 Å². The predicted octanol–water partition coefficient (Wildman–Crippen LogP) is 1.76. The van der Waals surface area contributed by atoms with Gasteiger partial charge in [-0.05, 0) is 13.8 Å². The van der Waals surface area contributed by atoms with E-state index in [9.17, 15) is 4.79 Å². The van der Waals surface area contributed by atoms with Crippen LogP contribution in [0.25, 0.3) is 10.9 Å². The lowest BCUT2D eigenvalue weighted by atomic mass is 10.2. The van der Waals surface area contributed by atoms with E-state index in [1.165, 1.54) is 17.7 Å². The van der Waals surface area contributed by atoms with Gasteiger partial charge in [0.2, 0.25) is 0 Å². The molecule has 0 unspecified atom stereocenters.